The third-order valence-electron chi connectivity index (χ3n) is 7.94. The van der Waals surface area contributed by atoms with Crippen LogP contribution in [0, 0.1) is 13.8 Å². The van der Waals surface area contributed by atoms with E-state index in [1.807, 2.05) is 53.4 Å². The van der Waals surface area contributed by atoms with Crippen molar-refractivity contribution < 1.29 is 4.79 Å². The summed E-state index contributed by atoms with van der Waals surface area (Å²) in [6, 6.07) is 37.6. The highest BCUT2D eigenvalue weighted by molar-refractivity contribution is 6.36. The molecule has 0 bridgehead atoms. The maximum atomic E-state index is 14.4. The molecule has 2 aliphatic carbocycles. The van der Waals surface area contributed by atoms with Gasteiger partial charge in [-0.1, -0.05) is 117 Å². The molecule has 6 rings (SSSR count). The number of hydrogen-bond donors (Lipinski definition) is 0. The van der Waals surface area contributed by atoms with E-state index in [4.69, 9.17) is 0 Å². The van der Waals surface area contributed by atoms with E-state index >= 15 is 0 Å². The topological polar surface area (TPSA) is 20.3 Å². The quantitative estimate of drug-likeness (QED) is 0.217. The summed E-state index contributed by atoms with van der Waals surface area (Å²) in [5.41, 5.74) is 12.2. The molecule has 2 heteroatoms. The number of carbonyl (C=O) groups excluding carboxylic acids is 1. The molecule has 0 saturated heterocycles. The second-order valence-corrected chi connectivity index (χ2v) is 10.9. The molecule has 0 aromatic heterocycles. The van der Waals surface area contributed by atoms with Gasteiger partial charge in [0.2, 0.25) is 0 Å². The summed E-state index contributed by atoms with van der Waals surface area (Å²) in [7, 11) is 0. The summed E-state index contributed by atoms with van der Waals surface area (Å²) in [4.78, 5) is 16.4. The minimum atomic E-state index is -0.224. The van der Waals surface area contributed by atoms with Gasteiger partial charge in [-0.3, -0.25) is 9.69 Å². The SMILES string of the molecule is Cc1cc(/C=C2/C(=O)N(C(c3ccccc3)c3ccccc3)c3ccccc32)c2c(C)ccc(C(C)C)cc1-2. The van der Waals surface area contributed by atoms with Gasteiger partial charge < -0.3 is 0 Å². The van der Waals surface area contributed by atoms with Gasteiger partial charge >= 0.3 is 0 Å². The Hall–Kier alpha value is -4.43. The van der Waals surface area contributed by atoms with Crippen molar-refractivity contribution in [2.75, 3.05) is 4.90 Å². The Morgan fingerprint density at radius 2 is 1.26 bits per heavy atom. The average Bonchev–Trinajstić information content (AvgIpc) is 3.32. The number of anilines is 1. The van der Waals surface area contributed by atoms with Gasteiger partial charge in [0.05, 0.1) is 11.7 Å². The number of hydrogen-bond acceptors (Lipinski definition) is 1. The van der Waals surface area contributed by atoms with Crippen molar-refractivity contribution in [3.63, 3.8) is 0 Å². The van der Waals surface area contributed by atoms with E-state index < -0.39 is 0 Å². The lowest BCUT2D eigenvalue weighted by Crippen LogP contribution is -2.32. The van der Waals surface area contributed by atoms with Crippen molar-refractivity contribution in [1.29, 1.82) is 0 Å². The van der Waals surface area contributed by atoms with Crippen LogP contribution in [0.4, 0.5) is 5.69 Å². The molecule has 3 aliphatic rings. The molecule has 3 aromatic rings. The molecule has 0 radical (unpaired) electrons. The lowest BCUT2D eigenvalue weighted by molar-refractivity contribution is -0.113. The number of aryl methyl sites for hydroxylation is 2. The molecule has 192 valence electrons. The summed E-state index contributed by atoms with van der Waals surface area (Å²) in [6.07, 6.45) is 2.12. The van der Waals surface area contributed by atoms with E-state index in [0.717, 1.165) is 33.5 Å². The number of carbonyl (C=O) groups is 1. The van der Waals surface area contributed by atoms with Crippen LogP contribution in [-0.2, 0) is 4.79 Å². The van der Waals surface area contributed by atoms with Gasteiger partial charge in [-0.15, -0.1) is 0 Å². The Bertz CT molecular complexity index is 1620. The fraction of sp³-hybridized carbons (Fsp3) is 0.162. The number of nitrogens with zero attached hydrogens (tertiary/aromatic N) is 1. The Kier molecular flexibility index (Phi) is 6.40. The van der Waals surface area contributed by atoms with E-state index in [-0.39, 0.29) is 11.9 Å². The summed E-state index contributed by atoms with van der Waals surface area (Å²) >= 11 is 0. The molecule has 1 amide bonds. The van der Waals surface area contributed by atoms with E-state index in [1.54, 1.807) is 0 Å². The van der Waals surface area contributed by atoms with Crippen molar-refractivity contribution >= 4 is 23.2 Å². The predicted molar refractivity (Wildman–Crippen MR) is 163 cm³/mol. The third-order valence-corrected chi connectivity index (χ3v) is 7.94. The van der Waals surface area contributed by atoms with E-state index in [2.05, 4.69) is 94.4 Å². The van der Waals surface area contributed by atoms with Crippen LogP contribution in [0.5, 0.6) is 0 Å². The Labute approximate surface area is 231 Å². The first-order chi connectivity index (χ1) is 18.9. The molecular weight excluding hydrogens is 474 g/mol. The molecule has 0 fully saturated rings. The van der Waals surface area contributed by atoms with Crippen LogP contribution in [0.25, 0.3) is 22.8 Å². The molecule has 0 N–H and O–H groups in total. The fourth-order valence-electron chi connectivity index (χ4n) is 5.93. The highest BCUT2D eigenvalue weighted by Gasteiger charge is 2.38. The van der Waals surface area contributed by atoms with Crippen LogP contribution in [0.1, 0.15) is 64.8 Å². The van der Waals surface area contributed by atoms with Crippen LogP contribution in [-0.4, -0.2) is 5.91 Å². The molecule has 1 aliphatic heterocycles. The van der Waals surface area contributed by atoms with Crippen LogP contribution in [0.15, 0.2) is 109 Å². The number of benzene rings is 3. The fourth-order valence-corrected chi connectivity index (χ4v) is 5.93. The standard InChI is InChI=1S/C37H33NO/c1-24(2)29-20-19-25(3)35-30(21-26(4)32(35)22-29)23-33-31-17-11-12-18-34(31)38(37(33)39)36(27-13-7-5-8-14-27)28-15-9-6-10-16-28/h5-24,36H,1-4H3/b33-23+. The van der Waals surface area contributed by atoms with Crippen molar-refractivity contribution in [3.8, 4) is 11.1 Å². The summed E-state index contributed by atoms with van der Waals surface area (Å²) < 4.78 is 0. The maximum absolute atomic E-state index is 14.4. The Morgan fingerprint density at radius 3 is 1.90 bits per heavy atom. The van der Waals surface area contributed by atoms with Gasteiger partial charge in [-0.2, -0.15) is 0 Å². The molecule has 0 unspecified atom stereocenters. The molecule has 3 aromatic carbocycles. The molecule has 0 spiro atoms. The van der Waals surface area contributed by atoms with Gasteiger partial charge in [0.15, 0.2) is 0 Å². The first-order valence-corrected chi connectivity index (χ1v) is 13.7. The minimum absolute atomic E-state index is 0.0294. The Balaban J connectivity index is 1.53. The smallest absolute Gasteiger partial charge is 0.259 e. The zero-order valence-electron chi connectivity index (χ0n) is 23.0. The molecule has 2 nitrogen and oxygen atoms in total. The van der Waals surface area contributed by atoms with Crippen molar-refractivity contribution in [1.82, 2.24) is 0 Å². The predicted octanol–water partition coefficient (Wildman–Crippen LogP) is 9.21. The van der Waals surface area contributed by atoms with Crippen LogP contribution in [0.3, 0.4) is 0 Å². The summed E-state index contributed by atoms with van der Waals surface area (Å²) in [6.45, 7) is 8.81. The van der Waals surface area contributed by atoms with Gasteiger partial charge in [-0.25, -0.2) is 0 Å². The first kappa shape index (κ1) is 24.9. The monoisotopic (exact) mass is 507 g/mol. The summed E-state index contributed by atoms with van der Waals surface area (Å²) in [5, 5.41) is 0. The zero-order valence-corrected chi connectivity index (χ0v) is 23.0. The van der Waals surface area contributed by atoms with Crippen molar-refractivity contribution in [2.24, 2.45) is 0 Å². The Morgan fingerprint density at radius 1 is 0.641 bits per heavy atom. The molecule has 0 saturated carbocycles. The average molecular weight is 508 g/mol. The zero-order chi connectivity index (χ0) is 27.1. The minimum Gasteiger partial charge on any atom is -0.296 e. The largest absolute Gasteiger partial charge is 0.296 e. The lowest BCUT2D eigenvalue weighted by atomic mass is 9.97. The second kappa shape index (κ2) is 10.0. The van der Waals surface area contributed by atoms with Crippen molar-refractivity contribution in [2.45, 2.75) is 39.7 Å². The van der Waals surface area contributed by atoms with Crippen molar-refractivity contribution in [3.05, 3.63) is 148 Å². The second-order valence-electron chi connectivity index (χ2n) is 10.9. The number of amides is 1. The third kappa shape index (κ3) is 4.36. The van der Waals surface area contributed by atoms with E-state index in [9.17, 15) is 4.79 Å². The number of rotatable bonds is 5. The molecule has 1 heterocycles. The highest BCUT2D eigenvalue weighted by Crippen LogP contribution is 2.46. The highest BCUT2D eigenvalue weighted by atomic mass is 16.2. The van der Waals surface area contributed by atoms with Gasteiger partial charge in [0.25, 0.3) is 5.91 Å². The van der Waals surface area contributed by atoms with Crippen LogP contribution in [0.2, 0.25) is 0 Å². The van der Waals surface area contributed by atoms with E-state index in [1.165, 1.54) is 27.8 Å². The maximum Gasteiger partial charge on any atom is 0.259 e. The van der Waals surface area contributed by atoms with Gasteiger partial charge in [0.1, 0.15) is 0 Å². The lowest BCUT2D eigenvalue weighted by Gasteiger charge is -2.29. The van der Waals surface area contributed by atoms with Crippen LogP contribution < -0.4 is 4.90 Å². The normalized spacial score (nSPS) is 14.2. The van der Waals surface area contributed by atoms with Gasteiger partial charge in [-0.05, 0) is 76.4 Å². The number of fused-ring (bicyclic) bond motifs is 2. The molecular formula is C37H33NO. The summed E-state index contributed by atoms with van der Waals surface area (Å²) in [5.74, 6) is 0.475. The number of para-hydroxylation sites is 1. The first-order valence-electron chi connectivity index (χ1n) is 13.7. The van der Waals surface area contributed by atoms with Crippen LogP contribution >= 0.6 is 0 Å². The van der Waals surface area contributed by atoms with E-state index in [0.29, 0.717) is 5.92 Å². The molecule has 39 heavy (non-hydrogen) atoms. The molecule has 0 atom stereocenters. The van der Waals surface area contributed by atoms with Gasteiger partial charge in [0, 0.05) is 11.1 Å².